The fourth-order valence-corrected chi connectivity index (χ4v) is 3.25. The first-order chi connectivity index (χ1) is 14.7. The summed E-state index contributed by atoms with van der Waals surface area (Å²) in [5, 5.41) is 3.92. The quantitative estimate of drug-likeness (QED) is 0.346. The number of para-hydroxylation sites is 2. The van der Waals surface area contributed by atoms with Gasteiger partial charge < -0.3 is 20.1 Å². The molecule has 1 heterocycles. The maximum absolute atomic E-state index is 5.73. The second-order valence-corrected chi connectivity index (χ2v) is 7.39. The Kier molecular flexibility index (Phi) is 6.01. The molecule has 0 aromatic heterocycles. The molecule has 2 N–H and O–H groups in total. The number of ether oxygens (including phenoxy) is 3. The van der Waals surface area contributed by atoms with Crippen molar-refractivity contribution in [1.82, 2.24) is 0 Å². The third-order valence-electron chi connectivity index (χ3n) is 5.06. The number of aryl methyl sites for hydroxylation is 1. The molecule has 2 aliphatic rings. The van der Waals surface area contributed by atoms with Crippen molar-refractivity contribution >= 4 is 11.9 Å². The van der Waals surface area contributed by atoms with Gasteiger partial charge in [0, 0.05) is 24.8 Å². The maximum atomic E-state index is 5.73. The third kappa shape index (κ3) is 4.64. The van der Waals surface area contributed by atoms with Gasteiger partial charge in [-0.1, -0.05) is 30.0 Å². The molecule has 2 aromatic carbocycles. The highest BCUT2D eigenvalue weighted by Crippen LogP contribution is 2.34. The summed E-state index contributed by atoms with van der Waals surface area (Å²) >= 11 is 0. The molecule has 1 atom stereocenters. The van der Waals surface area contributed by atoms with Crippen LogP contribution in [0.3, 0.4) is 0 Å². The Balaban J connectivity index is 1.46. The molecule has 1 aliphatic carbocycles. The van der Waals surface area contributed by atoms with Crippen LogP contribution in [0.25, 0.3) is 0 Å². The van der Waals surface area contributed by atoms with Crippen molar-refractivity contribution in [2.75, 3.05) is 13.7 Å². The predicted molar refractivity (Wildman–Crippen MR) is 117 cm³/mol. The Morgan fingerprint density at radius 1 is 1.23 bits per heavy atom. The SMILES string of the molecule is COC(/C(C=NCC1Oc2ccccc2O1)=N/N)c1cc(C#CC2CC2)ccc1C. The van der Waals surface area contributed by atoms with Gasteiger partial charge in [-0.3, -0.25) is 4.99 Å². The molecule has 2 aromatic rings. The van der Waals surface area contributed by atoms with Crippen molar-refractivity contribution in [1.29, 1.82) is 0 Å². The first kappa shape index (κ1) is 20.0. The van der Waals surface area contributed by atoms with Gasteiger partial charge in [-0.05, 0) is 55.2 Å². The van der Waals surface area contributed by atoms with Crippen LogP contribution in [0.2, 0.25) is 0 Å². The lowest BCUT2D eigenvalue weighted by molar-refractivity contribution is 0.0587. The van der Waals surface area contributed by atoms with E-state index >= 15 is 0 Å². The minimum Gasteiger partial charge on any atom is -0.449 e. The summed E-state index contributed by atoms with van der Waals surface area (Å²) in [5.41, 5.74) is 3.52. The number of benzene rings is 2. The number of aliphatic imine (C=N–C) groups is 1. The summed E-state index contributed by atoms with van der Waals surface area (Å²) in [7, 11) is 1.63. The standard InChI is InChI=1S/C24H25N3O3/c1-16-7-8-18(12-11-17-9-10-17)13-19(16)24(28-2)20(27-25)14-26-15-23-29-21-5-3-4-6-22(21)30-23/h3-8,13-14,17,23-24H,9-10,15,25H2,1-2H3/b26-14?,27-20+. The monoisotopic (exact) mass is 403 g/mol. The van der Waals surface area contributed by atoms with Gasteiger partial charge >= 0.3 is 0 Å². The van der Waals surface area contributed by atoms with E-state index in [1.807, 2.05) is 49.4 Å². The summed E-state index contributed by atoms with van der Waals surface area (Å²) in [4.78, 5) is 4.43. The first-order valence-electron chi connectivity index (χ1n) is 10.0. The molecule has 30 heavy (non-hydrogen) atoms. The van der Waals surface area contributed by atoms with E-state index in [0.717, 1.165) is 28.2 Å². The summed E-state index contributed by atoms with van der Waals surface area (Å²) in [5.74, 6) is 14.2. The summed E-state index contributed by atoms with van der Waals surface area (Å²) in [6.07, 6.45) is 3.11. The smallest absolute Gasteiger partial charge is 0.260 e. The molecule has 4 rings (SSSR count). The minimum absolute atomic E-state index is 0.315. The molecule has 0 spiro atoms. The van der Waals surface area contributed by atoms with E-state index in [4.69, 9.17) is 20.1 Å². The zero-order valence-corrected chi connectivity index (χ0v) is 17.2. The van der Waals surface area contributed by atoms with E-state index in [1.54, 1.807) is 13.3 Å². The van der Waals surface area contributed by atoms with Crippen molar-refractivity contribution in [2.24, 2.45) is 21.9 Å². The van der Waals surface area contributed by atoms with E-state index in [1.165, 1.54) is 12.8 Å². The van der Waals surface area contributed by atoms with Crippen LogP contribution >= 0.6 is 0 Å². The molecular formula is C24H25N3O3. The molecule has 0 amide bonds. The second kappa shape index (κ2) is 9.02. The number of hydrogen-bond donors (Lipinski definition) is 1. The van der Waals surface area contributed by atoms with Crippen molar-refractivity contribution < 1.29 is 14.2 Å². The highest BCUT2D eigenvalue weighted by atomic mass is 16.7. The van der Waals surface area contributed by atoms with Crippen LogP contribution in [-0.4, -0.2) is 31.9 Å². The largest absolute Gasteiger partial charge is 0.449 e. The van der Waals surface area contributed by atoms with Crippen molar-refractivity contribution in [3.05, 3.63) is 59.2 Å². The summed E-state index contributed by atoms with van der Waals surface area (Å²) < 4.78 is 17.2. The van der Waals surface area contributed by atoms with Crippen LogP contribution in [0.1, 0.15) is 35.6 Å². The number of nitrogens with two attached hydrogens (primary N) is 1. The average molecular weight is 403 g/mol. The van der Waals surface area contributed by atoms with Crippen LogP contribution in [0, 0.1) is 24.7 Å². The fourth-order valence-electron chi connectivity index (χ4n) is 3.25. The number of fused-ring (bicyclic) bond motifs is 1. The molecule has 6 heteroatoms. The topological polar surface area (TPSA) is 78.4 Å². The molecule has 1 unspecified atom stereocenters. The Morgan fingerprint density at radius 2 is 1.97 bits per heavy atom. The van der Waals surface area contributed by atoms with E-state index in [-0.39, 0.29) is 0 Å². The van der Waals surface area contributed by atoms with Crippen LogP contribution in [0.4, 0.5) is 0 Å². The minimum atomic E-state index is -0.471. The maximum Gasteiger partial charge on any atom is 0.260 e. The van der Waals surface area contributed by atoms with Crippen LogP contribution in [0.5, 0.6) is 11.5 Å². The zero-order valence-electron chi connectivity index (χ0n) is 17.2. The van der Waals surface area contributed by atoms with Gasteiger partial charge in [0.05, 0.1) is 0 Å². The highest BCUT2D eigenvalue weighted by molar-refractivity contribution is 6.32. The lowest BCUT2D eigenvalue weighted by Gasteiger charge is -2.18. The fraction of sp³-hybridized carbons (Fsp3) is 0.333. The van der Waals surface area contributed by atoms with Crippen LogP contribution in [-0.2, 0) is 4.74 Å². The molecular weight excluding hydrogens is 378 g/mol. The summed E-state index contributed by atoms with van der Waals surface area (Å²) in [6, 6.07) is 13.7. The van der Waals surface area contributed by atoms with Crippen molar-refractivity contribution in [3.8, 4) is 23.3 Å². The number of hydrogen-bond acceptors (Lipinski definition) is 6. The highest BCUT2D eigenvalue weighted by Gasteiger charge is 2.24. The number of hydrazone groups is 1. The van der Waals surface area contributed by atoms with Gasteiger partial charge in [0.1, 0.15) is 18.4 Å². The number of nitrogens with zero attached hydrogens (tertiary/aromatic N) is 2. The molecule has 0 bridgehead atoms. The van der Waals surface area contributed by atoms with Gasteiger partial charge in [0.2, 0.25) is 0 Å². The lowest BCUT2D eigenvalue weighted by Crippen LogP contribution is -2.23. The van der Waals surface area contributed by atoms with Gasteiger partial charge in [-0.2, -0.15) is 5.10 Å². The molecule has 0 saturated heterocycles. The molecule has 1 aliphatic heterocycles. The van der Waals surface area contributed by atoms with Crippen LogP contribution in [0.15, 0.2) is 52.6 Å². The Hall–Kier alpha value is -3.30. The van der Waals surface area contributed by atoms with Gasteiger partial charge in [-0.25, -0.2) is 0 Å². The third-order valence-corrected chi connectivity index (χ3v) is 5.06. The summed E-state index contributed by atoms with van der Waals surface area (Å²) in [6.45, 7) is 2.35. The Morgan fingerprint density at radius 3 is 2.60 bits per heavy atom. The normalized spacial score (nSPS) is 17.1. The van der Waals surface area contributed by atoms with E-state index in [0.29, 0.717) is 18.2 Å². The second-order valence-electron chi connectivity index (χ2n) is 7.39. The molecule has 0 radical (unpaired) electrons. The predicted octanol–water partition coefficient (Wildman–Crippen LogP) is 3.63. The number of methoxy groups -OCH3 is 1. The first-order valence-corrected chi connectivity index (χ1v) is 10.0. The molecule has 154 valence electrons. The van der Waals surface area contributed by atoms with Crippen molar-refractivity contribution in [2.45, 2.75) is 32.2 Å². The van der Waals surface area contributed by atoms with Gasteiger partial charge in [0.25, 0.3) is 6.29 Å². The molecule has 1 saturated carbocycles. The van der Waals surface area contributed by atoms with E-state index in [9.17, 15) is 0 Å². The van der Waals surface area contributed by atoms with E-state index in [2.05, 4.69) is 21.9 Å². The zero-order chi connectivity index (χ0) is 20.9. The molecule has 1 fully saturated rings. The van der Waals surface area contributed by atoms with Crippen molar-refractivity contribution in [3.63, 3.8) is 0 Å². The molecule has 6 nitrogen and oxygen atoms in total. The van der Waals surface area contributed by atoms with Gasteiger partial charge in [-0.15, -0.1) is 0 Å². The van der Waals surface area contributed by atoms with E-state index < -0.39 is 12.4 Å². The lowest BCUT2D eigenvalue weighted by atomic mass is 9.97. The van der Waals surface area contributed by atoms with Gasteiger partial charge in [0.15, 0.2) is 11.5 Å². The Bertz CT molecular complexity index is 1010. The van der Waals surface area contributed by atoms with Crippen LogP contribution < -0.4 is 15.3 Å². The number of rotatable bonds is 6. The Labute approximate surface area is 176 Å². The average Bonchev–Trinajstić information content (AvgIpc) is 3.50.